The summed E-state index contributed by atoms with van der Waals surface area (Å²) in [6, 6.07) is 1.10. The highest BCUT2D eigenvalue weighted by Crippen LogP contribution is 2.07. The van der Waals surface area contributed by atoms with Crippen LogP contribution in [0.1, 0.15) is 32.8 Å². The zero-order valence-corrected chi connectivity index (χ0v) is 12.6. The molecular weight excluding hydrogens is 290 g/mol. The molecule has 0 radical (unpaired) electrons. The maximum atomic E-state index is 11.5. The average Bonchev–Trinajstić information content (AvgIpc) is 2.37. The van der Waals surface area contributed by atoms with Crippen molar-refractivity contribution >= 4 is 11.8 Å². The van der Waals surface area contributed by atoms with Gasteiger partial charge in [-0.15, -0.1) is 0 Å². The molecule has 1 amide bonds. The number of nitrogens with zero attached hydrogens (tertiary/aromatic N) is 1. The fourth-order valence-corrected chi connectivity index (χ4v) is 1.37. The van der Waals surface area contributed by atoms with Crippen molar-refractivity contribution in [3.63, 3.8) is 0 Å². The highest BCUT2D eigenvalue weighted by molar-refractivity contribution is 5.67. The van der Waals surface area contributed by atoms with Crippen molar-refractivity contribution in [2.45, 2.75) is 32.8 Å². The van der Waals surface area contributed by atoms with E-state index in [4.69, 9.17) is 4.74 Å². The van der Waals surface area contributed by atoms with Gasteiger partial charge in [-0.1, -0.05) is 11.8 Å². The molecule has 1 heterocycles. The lowest BCUT2D eigenvalue weighted by Gasteiger charge is -2.19. The molecule has 0 bridgehead atoms. The number of hydrogen-bond acceptors (Lipinski definition) is 5. The molecule has 0 aromatic carbocycles. The molecular formula is C14H17N3O5. The van der Waals surface area contributed by atoms with E-state index < -0.39 is 22.2 Å². The minimum absolute atomic E-state index is 0.00599. The van der Waals surface area contributed by atoms with E-state index >= 15 is 0 Å². The molecule has 0 aliphatic heterocycles. The third-order valence-corrected chi connectivity index (χ3v) is 2.24. The van der Waals surface area contributed by atoms with Crippen LogP contribution in [0, 0.1) is 22.0 Å². The molecule has 0 spiro atoms. The monoisotopic (exact) mass is 307 g/mol. The Labute approximate surface area is 127 Å². The van der Waals surface area contributed by atoms with Crippen LogP contribution in [0.25, 0.3) is 0 Å². The van der Waals surface area contributed by atoms with Crippen LogP contribution in [-0.2, 0) is 4.74 Å². The van der Waals surface area contributed by atoms with Gasteiger partial charge < -0.3 is 15.0 Å². The van der Waals surface area contributed by atoms with Crippen molar-refractivity contribution < 1.29 is 14.5 Å². The number of hydrogen-bond donors (Lipinski definition) is 2. The molecule has 118 valence electrons. The number of nitrogens with one attached hydrogen (secondary N) is 2. The molecule has 8 heteroatoms. The zero-order valence-electron chi connectivity index (χ0n) is 12.6. The predicted octanol–water partition coefficient (Wildman–Crippen LogP) is 1.55. The van der Waals surface area contributed by atoms with Gasteiger partial charge in [-0.05, 0) is 20.8 Å². The van der Waals surface area contributed by atoms with Gasteiger partial charge >= 0.3 is 6.09 Å². The Kier molecular flexibility index (Phi) is 5.69. The number of nitro groups is 1. The van der Waals surface area contributed by atoms with Gasteiger partial charge in [-0.3, -0.25) is 14.9 Å². The molecule has 0 saturated heterocycles. The number of carbonyl (C=O) groups excluding carboxylic acids is 1. The molecule has 22 heavy (non-hydrogen) atoms. The second-order valence-corrected chi connectivity index (χ2v) is 5.34. The molecule has 0 saturated carbocycles. The van der Waals surface area contributed by atoms with Crippen LogP contribution < -0.4 is 10.9 Å². The summed E-state index contributed by atoms with van der Waals surface area (Å²) in [4.78, 5) is 35.0. The number of alkyl carbamates (subject to hydrolysis) is 1. The van der Waals surface area contributed by atoms with Crippen molar-refractivity contribution in [3.8, 4) is 11.8 Å². The van der Waals surface area contributed by atoms with Gasteiger partial charge in [0.25, 0.3) is 11.2 Å². The maximum absolute atomic E-state index is 11.5. The van der Waals surface area contributed by atoms with E-state index in [1.165, 1.54) is 0 Å². The summed E-state index contributed by atoms with van der Waals surface area (Å²) in [5, 5.41) is 13.1. The van der Waals surface area contributed by atoms with E-state index in [2.05, 4.69) is 22.1 Å². The Balaban J connectivity index is 2.55. The molecule has 0 fully saturated rings. The summed E-state index contributed by atoms with van der Waals surface area (Å²) in [5.74, 6) is 5.20. The summed E-state index contributed by atoms with van der Waals surface area (Å²) in [5.41, 5.74) is -1.31. The van der Waals surface area contributed by atoms with Crippen molar-refractivity contribution in [1.29, 1.82) is 0 Å². The van der Waals surface area contributed by atoms with E-state index in [9.17, 15) is 19.7 Å². The zero-order chi connectivity index (χ0) is 16.8. The maximum Gasteiger partial charge on any atom is 0.407 e. The number of amides is 1. The number of ether oxygens (including phenoxy) is 1. The van der Waals surface area contributed by atoms with Crippen molar-refractivity contribution in [2.75, 3.05) is 6.54 Å². The minimum atomic E-state index is -0.620. The molecule has 1 aromatic heterocycles. The summed E-state index contributed by atoms with van der Waals surface area (Å²) < 4.78 is 5.04. The molecule has 2 N–H and O–H groups in total. The standard InChI is InChI=1S/C14H17N3O5/c1-14(2,3)22-13(19)15-7-5-4-6-10-8-11(17(20)21)9-16-12(10)18/h8-9H,5,7H2,1-3H3,(H,15,19)(H,16,18). The molecule has 0 aliphatic rings. The molecule has 0 atom stereocenters. The van der Waals surface area contributed by atoms with Crippen LogP contribution >= 0.6 is 0 Å². The van der Waals surface area contributed by atoms with E-state index in [-0.39, 0.29) is 24.2 Å². The van der Waals surface area contributed by atoms with E-state index in [0.29, 0.717) is 0 Å². The van der Waals surface area contributed by atoms with E-state index in [0.717, 1.165) is 12.3 Å². The van der Waals surface area contributed by atoms with Gasteiger partial charge in [0.2, 0.25) is 0 Å². The Morgan fingerprint density at radius 2 is 2.18 bits per heavy atom. The SMILES string of the molecule is CC(C)(C)OC(=O)NCCC#Cc1cc([N+](=O)[O-])c[nH]c1=O. The van der Waals surface area contributed by atoms with Crippen LogP contribution in [-0.4, -0.2) is 28.1 Å². The molecule has 0 aliphatic carbocycles. The highest BCUT2D eigenvalue weighted by Gasteiger charge is 2.15. The highest BCUT2D eigenvalue weighted by atomic mass is 16.6. The van der Waals surface area contributed by atoms with Gasteiger partial charge in [0.05, 0.1) is 16.7 Å². The first-order valence-corrected chi connectivity index (χ1v) is 6.52. The van der Waals surface area contributed by atoms with E-state index in [1.54, 1.807) is 20.8 Å². The van der Waals surface area contributed by atoms with Crippen LogP contribution in [0.3, 0.4) is 0 Å². The number of aromatic amines is 1. The molecule has 8 nitrogen and oxygen atoms in total. The van der Waals surface area contributed by atoms with Crippen molar-refractivity contribution in [2.24, 2.45) is 0 Å². The first-order chi connectivity index (χ1) is 10.2. The van der Waals surface area contributed by atoms with Gasteiger partial charge in [0, 0.05) is 19.0 Å². The lowest BCUT2D eigenvalue weighted by atomic mass is 10.2. The normalized spacial score (nSPS) is 10.3. The lowest BCUT2D eigenvalue weighted by molar-refractivity contribution is -0.385. The third kappa shape index (κ3) is 6.09. The van der Waals surface area contributed by atoms with Crippen LogP contribution in [0.2, 0.25) is 0 Å². The number of aromatic nitrogens is 1. The van der Waals surface area contributed by atoms with Gasteiger partial charge in [0.1, 0.15) is 5.60 Å². The van der Waals surface area contributed by atoms with Crippen LogP contribution in [0.4, 0.5) is 10.5 Å². The molecule has 1 rings (SSSR count). The quantitative estimate of drug-likeness (QED) is 0.380. The van der Waals surface area contributed by atoms with Gasteiger partial charge in [-0.25, -0.2) is 4.79 Å². The largest absolute Gasteiger partial charge is 0.444 e. The first-order valence-electron chi connectivity index (χ1n) is 6.52. The topological polar surface area (TPSA) is 114 Å². The smallest absolute Gasteiger partial charge is 0.407 e. The van der Waals surface area contributed by atoms with Gasteiger partial charge in [0.15, 0.2) is 0 Å². The van der Waals surface area contributed by atoms with Crippen molar-refractivity contribution in [3.05, 3.63) is 38.3 Å². The number of rotatable bonds is 3. The lowest BCUT2D eigenvalue weighted by Crippen LogP contribution is -2.32. The Bertz CT molecular complexity index is 676. The summed E-state index contributed by atoms with van der Waals surface area (Å²) in [7, 11) is 0. The summed E-state index contributed by atoms with van der Waals surface area (Å²) >= 11 is 0. The second kappa shape index (κ2) is 7.26. The van der Waals surface area contributed by atoms with E-state index in [1.807, 2.05) is 0 Å². The predicted molar refractivity (Wildman–Crippen MR) is 79.4 cm³/mol. The Morgan fingerprint density at radius 3 is 2.77 bits per heavy atom. The average molecular weight is 307 g/mol. The molecule has 0 unspecified atom stereocenters. The first kappa shape index (κ1) is 17.2. The van der Waals surface area contributed by atoms with Crippen LogP contribution in [0.15, 0.2) is 17.1 Å². The number of carbonyl (C=O) groups is 1. The van der Waals surface area contributed by atoms with Crippen molar-refractivity contribution in [1.82, 2.24) is 10.3 Å². The fourth-order valence-electron chi connectivity index (χ4n) is 1.37. The molecule has 1 aromatic rings. The number of H-pyrrole nitrogens is 1. The third-order valence-electron chi connectivity index (χ3n) is 2.24. The minimum Gasteiger partial charge on any atom is -0.444 e. The number of pyridine rings is 1. The Hall–Kier alpha value is -2.82. The fraction of sp³-hybridized carbons (Fsp3) is 0.429. The second-order valence-electron chi connectivity index (χ2n) is 5.34. The summed E-state index contributed by atoms with van der Waals surface area (Å²) in [6.45, 7) is 5.50. The van der Waals surface area contributed by atoms with Crippen LogP contribution in [0.5, 0.6) is 0 Å². The van der Waals surface area contributed by atoms with Gasteiger partial charge in [-0.2, -0.15) is 0 Å². The summed E-state index contributed by atoms with van der Waals surface area (Å²) in [6.07, 6.45) is 0.737. The Morgan fingerprint density at radius 1 is 1.50 bits per heavy atom.